The zero-order chi connectivity index (χ0) is 15.7. The number of ether oxygens (including phenoxy) is 1. The van der Waals surface area contributed by atoms with Gasteiger partial charge in [0.15, 0.2) is 11.6 Å². The number of fused-ring (bicyclic) bond motifs is 1. The van der Waals surface area contributed by atoms with E-state index in [1.807, 2.05) is 0 Å². The van der Waals surface area contributed by atoms with Crippen LogP contribution >= 0.6 is 0 Å². The molecule has 2 fully saturated rings. The van der Waals surface area contributed by atoms with Gasteiger partial charge in [-0.2, -0.15) is 4.31 Å². The van der Waals surface area contributed by atoms with Crippen LogP contribution in [0.4, 0.5) is 4.39 Å². The highest BCUT2D eigenvalue weighted by atomic mass is 32.2. The maximum atomic E-state index is 13.9. The molecule has 1 aliphatic heterocycles. The van der Waals surface area contributed by atoms with Gasteiger partial charge in [0.25, 0.3) is 0 Å². The van der Waals surface area contributed by atoms with Crippen LogP contribution in [0.2, 0.25) is 0 Å². The zero-order valence-corrected chi connectivity index (χ0v) is 13.6. The number of hydrogen-bond acceptors (Lipinski definition) is 3. The molecule has 0 aromatic heterocycles. The van der Waals surface area contributed by atoms with Crippen molar-refractivity contribution >= 4 is 10.0 Å². The standard InChI is InChI=1S/C16H22FNO3S/c1-21-16-9-8-13(11-14(16)17)22(19,20)18-10-4-6-12-5-2-3-7-15(12)18/h8-9,11-12,15H,2-7,10H2,1H3/t12-,15-/m1/s1. The van der Waals surface area contributed by atoms with E-state index in [0.29, 0.717) is 12.5 Å². The lowest BCUT2D eigenvalue weighted by molar-refractivity contribution is 0.129. The number of hydrogen-bond donors (Lipinski definition) is 0. The van der Waals surface area contributed by atoms with E-state index in [0.717, 1.165) is 38.2 Å². The van der Waals surface area contributed by atoms with E-state index in [2.05, 4.69) is 0 Å². The highest BCUT2D eigenvalue weighted by molar-refractivity contribution is 7.89. The fourth-order valence-corrected chi connectivity index (χ4v) is 5.59. The third-order valence-electron chi connectivity index (χ3n) is 4.92. The Hall–Kier alpha value is -1.14. The van der Waals surface area contributed by atoms with Gasteiger partial charge in [-0.05, 0) is 49.8 Å². The second-order valence-electron chi connectivity index (χ2n) is 6.17. The highest BCUT2D eigenvalue weighted by Gasteiger charge is 2.40. The van der Waals surface area contributed by atoms with Gasteiger partial charge in [0.05, 0.1) is 12.0 Å². The van der Waals surface area contributed by atoms with Crippen molar-refractivity contribution < 1.29 is 17.5 Å². The van der Waals surface area contributed by atoms with E-state index >= 15 is 0 Å². The summed E-state index contributed by atoms with van der Waals surface area (Å²) in [6.07, 6.45) is 6.28. The van der Waals surface area contributed by atoms with Gasteiger partial charge in [-0.3, -0.25) is 0 Å². The Balaban J connectivity index is 1.92. The van der Waals surface area contributed by atoms with E-state index in [1.54, 1.807) is 4.31 Å². The lowest BCUT2D eigenvalue weighted by Gasteiger charge is -2.43. The number of sulfonamides is 1. The molecule has 22 heavy (non-hydrogen) atoms. The molecule has 4 nitrogen and oxygen atoms in total. The van der Waals surface area contributed by atoms with Crippen LogP contribution in [-0.4, -0.2) is 32.4 Å². The second kappa shape index (κ2) is 6.16. The molecule has 1 aromatic rings. The fourth-order valence-electron chi connectivity index (χ4n) is 3.82. The van der Waals surface area contributed by atoms with Crippen LogP contribution in [0, 0.1) is 11.7 Å². The molecular weight excluding hydrogens is 305 g/mol. The summed E-state index contributed by atoms with van der Waals surface area (Å²) >= 11 is 0. The molecule has 0 radical (unpaired) electrons. The molecular formula is C16H22FNO3S. The first kappa shape index (κ1) is 15.7. The maximum absolute atomic E-state index is 13.9. The minimum atomic E-state index is -3.64. The summed E-state index contributed by atoms with van der Waals surface area (Å²) in [4.78, 5) is 0.0250. The van der Waals surface area contributed by atoms with Crippen LogP contribution in [0.1, 0.15) is 38.5 Å². The molecule has 1 saturated carbocycles. The SMILES string of the molecule is COc1ccc(S(=O)(=O)N2CCC[C@H]3CCCC[C@H]32)cc1F. The minimum Gasteiger partial charge on any atom is -0.494 e. The normalized spacial score (nSPS) is 26.5. The molecule has 2 aliphatic rings. The van der Waals surface area contributed by atoms with Gasteiger partial charge in [0.1, 0.15) is 0 Å². The van der Waals surface area contributed by atoms with E-state index in [4.69, 9.17) is 4.74 Å². The Bertz CT molecular complexity index is 645. The van der Waals surface area contributed by atoms with Gasteiger partial charge >= 0.3 is 0 Å². The quantitative estimate of drug-likeness (QED) is 0.856. The van der Waals surface area contributed by atoms with Crippen LogP contribution in [0.25, 0.3) is 0 Å². The van der Waals surface area contributed by atoms with Gasteiger partial charge in [-0.15, -0.1) is 0 Å². The van der Waals surface area contributed by atoms with Gasteiger partial charge in [0, 0.05) is 12.6 Å². The maximum Gasteiger partial charge on any atom is 0.243 e. The molecule has 122 valence electrons. The molecule has 2 atom stereocenters. The molecule has 0 spiro atoms. The van der Waals surface area contributed by atoms with Crippen LogP contribution in [0.15, 0.2) is 23.1 Å². The summed E-state index contributed by atoms with van der Waals surface area (Å²) in [5.41, 5.74) is 0. The first-order valence-corrected chi connectivity index (χ1v) is 9.33. The van der Waals surface area contributed by atoms with Crippen LogP contribution in [0.5, 0.6) is 5.75 Å². The average Bonchev–Trinajstić information content (AvgIpc) is 2.54. The molecule has 0 bridgehead atoms. The molecule has 1 aromatic carbocycles. The monoisotopic (exact) mass is 327 g/mol. The van der Waals surface area contributed by atoms with Crippen molar-refractivity contribution in [2.75, 3.05) is 13.7 Å². The number of benzene rings is 1. The van der Waals surface area contributed by atoms with Crippen LogP contribution in [-0.2, 0) is 10.0 Å². The summed E-state index contributed by atoms with van der Waals surface area (Å²) in [6.45, 7) is 0.539. The van der Waals surface area contributed by atoms with E-state index < -0.39 is 15.8 Å². The first-order valence-electron chi connectivity index (χ1n) is 7.89. The summed E-state index contributed by atoms with van der Waals surface area (Å²) in [6, 6.07) is 3.96. The number of halogens is 1. The largest absolute Gasteiger partial charge is 0.494 e. The lowest BCUT2D eigenvalue weighted by Crippen LogP contribution is -2.49. The Kier molecular flexibility index (Phi) is 4.41. The highest BCUT2D eigenvalue weighted by Crippen LogP contribution is 2.38. The van der Waals surface area contributed by atoms with Crippen molar-refractivity contribution in [3.8, 4) is 5.75 Å². The minimum absolute atomic E-state index is 0.0250. The van der Waals surface area contributed by atoms with Crippen LogP contribution in [0.3, 0.4) is 0 Å². The zero-order valence-electron chi connectivity index (χ0n) is 12.8. The third-order valence-corrected chi connectivity index (χ3v) is 6.84. The predicted molar refractivity (Wildman–Crippen MR) is 81.8 cm³/mol. The Morgan fingerprint density at radius 3 is 2.64 bits per heavy atom. The summed E-state index contributed by atoms with van der Waals surface area (Å²) in [5.74, 6) is -0.116. The van der Waals surface area contributed by atoms with Gasteiger partial charge in [0.2, 0.25) is 10.0 Å². The molecule has 6 heteroatoms. The van der Waals surface area contributed by atoms with E-state index in [-0.39, 0.29) is 16.7 Å². The van der Waals surface area contributed by atoms with Gasteiger partial charge < -0.3 is 4.74 Å². The molecule has 0 unspecified atom stereocenters. The number of piperidine rings is 1. The number of methoxy groups -OCH3 is 1. The molecule has 0 N–H and O–H groups in total. The number of rotatable bonds is 3. The van der Waals surface area contributed by atoms with Crippen molar-refractivity contribution in [1.82, 2.24) is 4.31 Å². The Morgan fingerprint density at radius 2 is 1.91 bits per heavy atom. The Morgan fingerprint density at radius 1 is 1.18 bits per heavy atom. The molecule has 0 amide bonds. The topological polar surface area (TPSA) is 46.6 Å². The van der Waals surface area contributed by atoms with Crippen molar-refractivity contribution in [1.29, 1.82) is 0 Å². The van der Waals surface area contributed by atoms with E-state index in [1.165, 1.54) is 25.7 Å². The van der Waals surface area contributed by atoms with Crippen molar-refractivity contribution in [2.24, 2.45) is 5.92 Å². The van der Waals surface area contributed by atoms with Crippen molar-refractivity contribution in [3.05, 3.63) is 24.0 Å². The Labute approximate surface area is 131 Å². The van der Waals surface area contributed by atoms with Gasteiger partial charge in [-0.1, -0.05) is 12.8 Å². The fraction of sp³-hybridized carbons (Fsp3) is 0.625. The summed E-state index contributed by atoms with van der Waals surface area (Å²) in [7, 11) is -2.28. The third kappa shape index (κ3) is 2.74. The average molecular weight is 327 g/mol. The summed E-state index contributed by atoms with van der Waals surface area (Å²) in [5, 5.41) is 0. The van der Waals surface area contributed by atoms with Crippen molar-refractivity contribution in [2.45, 2.75) is 49.5 Å². The molecule has 3 rings (SSSR count). The van der Waals surface area contributed by atoms with Crippen LogP contribution < -0.4 is 4.74 Å². The van der Waals surface area contributed by atoms with E-state index in [9.17, 15) is 12.8 Å². The second-order valence-corrected chi connectivity index (χ2v) is 8.06. The molecule has 1 aliphatic carbocycles. The number of nitrogens with zero attached hydrogens (tertiary/aromatic N) is 1. The molecule has 1 heterocycles. The predicted octanol–water partition coefficient (Wildman–Crippen LogP) is 3.18. The summed E-state index contributed by atoms with van der Waals surface area (Å²) < 4.78 is 46.2. The van der Waals surface area contributed by atoms with Gasteiger partial charge in [-0.25, -0.2) is 12.8 Å². The lowest BCUT2D eigenvalue weighted by atomic mass is 9.79. The van der Waals surface area contributed by atoms with Crippen molar-refractivity contribution in [3.63, 3.8) is 0 Å². The smallest absolute Gasteiger partial charge is 0.243 e. The first-order chi connectivity index (χ1) is 10.5. The molecule has 1 saturated heterocycles.